The van der Waals surface area contributed by atoms with Crippen molar-refractivity contribution in [2.24, 2.45) is 0 Å². The summed E-state index contributed by atoms with van der Waals surface area (Å²) in [6.07, 6.45) is 0.186. The molecule has 1 saturated heterocycles. The molecule has 1 aromatic carbocycles. The largest absolute Gasteiger partial charge is 0.497 e. The number of carbonyl (C=O) groups is 1. The molecule has 1 aromatic rings. The number of amides is 1. The first-order valence-corrected chi connectivity index (χ1v) is 9.00. The number of likely N-dealkylation sites (tertiary alicyclic amines) is 1. The Morgan fingerprint density at radius 3 is 2.43 bits per heavy atom. The first kappa shape index (κ1) is 17.7. The number of rotatable bonds is 4. The molecule has 1 unspecified atom stereocenters. The second kappa shape index (κ2) is 6.13. The molecule has 1 aliphatic rings. The van der Waals surface area contributed by atoms with E-state index in [1.54, 1.807) is 24.0 Å². The van der Waals surface area contributed by atoms with Crippen molar-refractivity contribution in [1.29, 1.82) is 0 Å². The van der Waals surface area contributed by atoms with E-state index in [1.807, 2.05) is 20.8 Å². The maximum atomic E-state index is 12.6. The molecule has 1 N–H and O–H groups in total. The average Bonchev–Trinajstić information content (AvgIpc) is 2.78. The molecular formula is C16H24N2O4S. The molecule has 1 fully saturated rings. The van der Waals surface area contributed by atoms with E-state index < -0.39 is 16.1 Å². The lowest BCUT2D eigenvalue weighted by atomic mass is 10.1. The molecule has 0 spiro atoms. The molecule has 23 heavy (non-hydrogen) atoms. The van der Waals surface area contributed by atoms with Crippen LogP contribution in [0.4, 0.5) is 0 Å². The lowest BCUT2D eigenvalue weighted by molar-refractivity contribution is -0.131. The van der Waals surface area contributed by atoms with Crippen LogP contribution in [0.2, 0.25) is 0 Å². The van der Waals surface area contributed by atoms with Gasteiger partial charge in [-0.25, -0.2) is 13.1 Å². The van der Waals surface area contributed by atoms with Crippen LogP contribution < -0.4 is 9.46 Å². The van der Waals surface area contributed by atoms with Gasteiger partial charge in [-0.2, -0.15) is 0 Å². The summed E-state index contributed by atoms with van der Waals surface area (Å²) in [7, 11) is -2.14. The van der Waals surface area contributed by atoms with Crippen LogP contribution in [0.5, 0.6) is 5.75 Å². The van der Waals surface area contributed by atoms with Gasteiger partial charge in [-0.15, -0.1) is 0 Å². The Morgan fingerprint density at radius 1 is 1.30 bits per heavy atom. The quantitative estimate of drug-likeness (QED) is 0.905. The minimum Gasteiger partial charge on any atom is -0.497 e. The third-order valence-electron chi connectivity index (χ3n) is 3.93. The number of methoxy groups -OCH3 is 1. The monoisotopic (exact) mass is 340 g/mol. The summed E-state index contributed by atoms with van der Waals surface area (Å²) in [5, 5.41) is 0. The van der Waals surface area contributed by atoms with Crippen molar-refractivity contribution in [2.75, 3.05) is 13.7 Å². The van der Waals surface area contributed by atoms with Crippen molar-refractivity contribution in [2.45, 2.75) is 50.6 Å². The van der Waals surface area contributed by atoms with Crippen molar-refractivity contribution in [3.05, 3.63) is 23.8 Å². The van der Waals surface area contributed by atoms with E-state index >= 15 is 0 Å². The highest BCUT2D eigenvalue weighted by molar-refractivity contribution is 7.89. The SMILES string of the molecule is COc1ccc(S(=O)(=O)NC2CC(=O)N(C(C)(C)C)C2)c(C)c1. The fourth-order valence-electron chi connectivity index (χ4n) is 2.77. The van der Waals surface area contributed by atoms with Gasteiger partial charge >= 0.3 is 0 Å². The molecule has 1 atom stereocenters. The van der Waals surface area contributed by atoms with Gasteiger partial charge in [0.1, 0.15) is 5.75 Å². The molecule has 0 radical (unpaired) electrons. The number of hydrogen-bond acceptors (Lipinski definition) is 4. The van der Waals surface area contributed by atoms with Gasteiger partial charge in [0.05, 0.1) is 12.0 Å². The second-order valence-corrected chi connectivity index (χ2v) is 8.51. The van der Waals surface area contributed by atoms with Gasteiger partial charge in [-0.1, -0.05) is 0 Å². The number of aryl methyl sites for hydroxylation is 1. The van der Waals surface area contributed by atoms with Crippen LogP contribution in [0, 0.1) is 6.92 Å². The van der Waals surface area contributed by atoms with Crippen LogP contribution in [-0.4, -0.2) is 44.5 Å². The topological polar surface area (TPSA) is 75.7 Å². The predicted octanol–water partition coefficient (Wildman–Crippen LogP) is 1.68. The molecule has 6 nitrogen and oxygen atoms in total. The maximum absolute atomic E-state index is 12.6. The summed E-state index contributed by atoms with van der Waals surface area (Å²) in [5.74, 6) is 0.577. The van der Waals surface area contributed by atoms with Gasteiger partial charge in [0.2, 0.25) is 15.9 Å². The summed E-state index contributed by atoms with van der Waals surface area (Å²) in [4.78, 5) is 14.0. The molecule has 0 aromatic heterocycles. The third-order valence-corrected chi connectivity index (χ3v) is 5.61. The maximum Gasteiger partial charge on any atom is 0.241 e. The van der Waals surface area contributed by atoms with E-state index in [-0.39, 0.29) is 22.8 Å². The fraction of sp³-hybridized carbons (Fsp3) is 0.562. The van der Waals surface area contributed by atoms with E-state index in [9.17, 15) is 13.2 Å². The minimum absolute atomic E-state index is 0.0309. The zero-order valence-electron chi connectivity index (χ0n) is 14.2. The predicted molar refractivity (Wildman–Crippen MR) is 87.9 cm³/mol. The molecule has 0 saturated carbocycles. The zero-order chi connectivity index (χ0) is 17.4. The van der Waals surface area contributed by atoms with E-state index in [4.69, 9.17) is 4.74 Å². The molecule has 1 aliphatic heterocycles. The van der Waals surface area contributed by atoms with Crippen molar-refractivity contribution < 1.29 is 17.9 Å². The molecule has 1 amide bonds. The molecule has 1 heterocycles. The molecule has 0 aliphatic carbocycles. The number of carbonyl (C=O) groups excluding carboxylic acids is 1. The van der Waals surface area contributed by atoms with Crippen LogP contribution in [0.3, 0.4) is 0 Å². The van der Waals surface area contributed by atoms with Gasteiger partial charge in [-0.3, -0.25) is 4.79 Å². The Hall–Kier alpha value is -1.60. The zero-order valence-corrected chi connectivity index (χ0v) is 15.0. The van der Waals surface area contributed by atoms with Crippen LogP contribution in [0.1, 0.15) is 32.8 Å². The van der Waals surface area contributed by atoms with Crippen molar-refractivity contribution in [1.82, 2.24) is 9.62 Å². The average molecular weight is 340 g/mol. The molecule has 0 bridgehead atoms. The first-order valence-electron chi connectivity index (χ1n) is 7.52. The van der Waals surface area contributed by atoms with Crippen LogP contribution in [-0.2, 0) is 14.8 Å². The summed E-state index contributed by atoms with van der Waals surface area (Å²) in [6.45, 7) is 7.93. The Labute approximate surface area is 137 Å². The number of nitrogens with zero attached hydrogens (tertiary/aromatic N) is 1. The fourth-order valence-corrected chi connectivity index (χ4v) is 4.22. The first-order chi connectivity index (χ1) is 10.5. The number of sulfonamides is 1. The molecule has 2 rings (SSSR count). The summed E-state index contributed by atoms with van der Waals surface area (Å²) in [5.41, 5.74) is 0.293. The lowest BCUT2D eigenvalue weighted by Gasteiger charge is -2.32. The lowest BCUT2D eigenvalue weighted by Crippen LogP contribution is -2.44. The highest BCUT2D eigenvalue weighted by Gasteiger charge is 2.38. The number of nitrogens with one attached hydrogen (secondary N) is 1. The van der Waals surface area contributed by atoms with Gasteiger partial charge in [0, 0.05) is 24.5 Å². The van der Waals surface area contributed by atoms with Crippen molar-refractivity contribution >= 4 is 15.9 Å². The van der Waals surface area contributed by atoms with Gasteiger partial charge < -0.3 is 9.64 Å². The van der Waals surface area contributed by atoms with E-state index in [0.717, 1.165) is 0 Å². The molecule has 7 heteroatoms. The Kier molecular flexibility index (Phi) is 4.73. The Morgan fingerprint density at radius 2 is 1.96 bits per heavy atom. The van der Waals surface area contributed by atoms with E-state index in [2.05, 4.69) is 4.72 Å². The molecule has 128 valence electrons. The Bertz CT molecular complexity index is 707. The standard InChI is InChI=1S/C16H24N2O4S/c1-11-8-13(22-5)6-7-14(11)23(20,21)17-12-9-15(19)18(10-12)16(2,3)4/h6-8,12,17H,9-10H2,1-5H3. The van der Waals surface area contributed by atoms with Gasteiger partial charge in [0.25, 0.3) is 0 Å². The highest BCUT2D eigenvalue weighted by Crippen LogP contribution is 2.25. The van der Waals surface area contributed by atoms with Crippen molar-refractivity contribution in [3.8, 4) is 5.75 Å². The normalized spacial score (nSPS) is 19.3. The third kappa shape index (κ3) is 3.84. The highest BCUT2D eigenvalue weighted by atomic mass is 32.2. The van der Waals surface area contributed by atoms with Crippen molar-refractivity contribution in [3.63, 3.8) is 0 Å². The van der Waals surface area contributed by atoms with Crippen LogP contribution >= 0.6 is 0 Å². The minimum atomic E-state index is -3.68. The smallest absolute Gasteiger partial charge is 0.241 e. The Balaban J connectivity index is 2.18. The summed E-state index contributed by atoms with van der Waals surface area (Å²) >= 11 is 0. The number of hydrogen-bond donors (Lipinski definition) is 1. The number of ether oxygens (including phenoxy) is 1. The molecular weight excluding hydrogens is 316 g/mol. The van der Waals surface area contributed by atoms with Gasteiger partial charge in [-0.05, 0) is 51.5 Å². The van der Waals surface area contributed by atoms with E-state index in [1.165, 1.54) is 13.2 Å². The summed E-state index contributed by atoms with van der Waals surface area (Å²) in [6, 6.07) is 4.40. The van der Waals surface area contributed by atoms with Crippen LogP contribution in [0.15, 0.2) is 23.1 Å². The summed E-state index contributed by atoms with van der Waals surface area (Å²) < 4.78 is 32.9. The second-order valence-electron chi connectivity index (χ2n) is 6.83. The van der Waals surface area contributed by atoms with E-state index in [0.29, 0.717) is 17.9 Å². The number of benzene rings is 1. The van der Waals surface area contributed by atoms with Gasteiger partial charge in [0.15, 0.2) is 0 Å². The van der Waals surface area contributed by atoms with Crippen LogP contribution in [0.25, 0.3) is 0 Å².